The highest BCUT2D eigenvalue weighted by Crippen LogP contribution is 2.31. The molecule has 1 aliphatic rings. The van der Waals surface area contributed by atoms with Crippen LogP contribution >= 0.6 is 0 Å². The average molecular weight is 217 g/mol. The Morgan fingerprint density at radius 2 is 2.06 bits per heavy atom. The van der Waals surface area contributed by atoms with Crippen LogP contribution in [0.15, 0.2) is 36.9 Å². The second-order valence-electron chi connectivity index (χ2n) is 4.44. The van der Waals surface area contributed by atoms with E-state index in [4.69, 9.17) is 0 Å². The van der Waals surface area contributed by atoms with E-state index in [0.29, 0.717) is 6.04 Å². The number of benzene rings is 1. The summed E-state index contributed by atoms with van der Waals surface area (Å²) < 4.78 is 0. The fourth-order valence-electron chi connectivity index (χ4n) is 1.93. The molecule has 0 heterocycles. The SMILES string of the molecule is C=CCN(c1ccc([C@@H](C)O)cc1)C1CC1. The Labute approximate surface area is 97.2 Å². The summed E-state index contributed by atoms with van der Waals surface area (Å²) in [4.78, 5) is 2.37. The third-order valence-electron chi connectivity index (χ3n) is 3.02. The first-order valence-electron chi connectivity index (χ1n) is 5.88. The first-order valence-corrected chi connectivity index (χ1v) is 5.88. The molecule has 2 rings (SSSR count). The summed E-state index contributed by atoms with van der Waals surface area (Å²) in [5, 5.41) is 9.45. The molecule has 86 valence electrons. The van der Waals surface area contributed by atoms with Gasteiger partial charge in [-0.05, 0) is 37.5 Å². The number of hydrogen-bond donors (Lipinski definition) is 1. The molecular formula is C14H19NO. The van der Waals surface area contributed by atoms with Crippen LogP contribution in [0.1, 0.15) is 31.4 Å². The van der Waals surface area contributed by atoms with Crippen LogP contribution in [0.4, 0.5) is 5.69 Å². The summed E-state index contributed by atoms with van der Waals surface area (Å²) in [6.07, 6.45) is 4.13. The standard InChI is InChI=1S/C14H19NO/c1-3-10-15(14-8-9-14)13-6-4-12(5-7-13)11(2)16/h3-7,11,14,16H,1,8-10H2,2H3/t11-/m1/s1. The van der Waals surface area contributed by atoms with Crippen molar-refractivity contribution in [1.29, 1.82) is 0 Å². The number of anilines is 1. The van der Waals surface area contributed by atoms with Gasteiger partial charge >= 0.3 is 0 Å². The highest BCUT2D eigenvalue weighted by Gasteiger charge is 2.28. The van der Waals surface area contributed by atoms with E-state index in [1.807, 2.05) is 18.2 Å². The molecule has 2 nitrogen and oxygen atoms in total. The van der Waals surface area contributed by atoms with Gasteiger partial charge in [0, 0.05) is 18.3 Å². The Kier molecular flexibility index (Phi) is 3.30. The number of nitrogens with zero attached hydrogens (tertiary/aromatic N) is 1. The molecule has 1 saturated carbocycles. The highest BCUT2D eigenvalue weighted by atomic mass is 16.3. The lowest BCUT2D eigenvalue weighted by atomic mass is 10.1. The molecule has 1 aromatic carbocycles. The molecule has 0 radical (unpaired) electrons. The van der Waals surface area contributed by atoms with Crippen LogP contribution in [-0.2, 0) is 0 Å². The summed E-state index contributed by atoms with van der Waals surface area (Å²) in [5.41, 5.74) is 2.20. The molecule has 1 fully saturated rings. The van der Waals surface area contributed by atoms with Crippen LogP contribution < -0.4 is 4.90 Å². The minimum absolute atomic E-state index is 0.386. The van der Waals surface area contributed by atoms with Gasteiger partial charge in [0.2, 0.25) is 0 Å². The number of rotatable bonds is 5. The molecule has 1 N–H and O–H groups in total. The van der Waals surface area contributed by atoms with Crippen LogP contribution in [0.5, 0.6) is 0 Å². The molecule has 0 aliphatic heterocycles. The Hall–Kier alpha value is -1.28. The minimum atomic E-state index is -0.386. The Balaban J connectivity index is 2.14. The van der Waals surface area contributed by atoms with Gasteiger partial charge in [0.25, 0.3) is 0 Å². The van der Waals surface area contributed by atoms with Crippen molar-refractivity contribution in [3.05, 3.63) is 42.5 Å². The Morgan fingerprint density at radius 3 is 2.50 bits per heavy atom. The van der Waals surface area contributed by atoms with Crippen LogP contribution in [0.2, 0.25) is 0 Å². The molecule has 16 heavy (non-hydrogen) atoms. The summed E-state index contributed by atoms with van der Waals surface area (Å²) in [7, 11) is 0. The van der Waals surface area contributed by atoms with Crippen LogP contribution in [0.25, 0.3) is 0 Å². The van der Waals surface area contributed by atoms with Crippen molar-refractivity contribution in [2.45, 2.75) is 31.9 Å². The fraction of sp³-hybridized carbons (Fsp3) is 0.429. The maximum absolute atomic E-state index is 9.45. The maximum Gasteiger partial charge on any atom is 0.0761 e. The van der Waals surface area contributed by atoms with Gasteiger partial charge in [-0.1, -0.05) is 18.2 Å². The molecular weight excluding hydrogens is 198 g/mol. The van der Waals surface area contributed by atoms with Crippen molar-refractivity contribution in [3.63, 3.8) is 0 Å². The predicted molar refractivity (Wildman–Crippen MR) is 67.6 cm³/mol. The largest absolute Gasteiger partial charge is 0.389 e. The first kappa shape index (κ1) is 11.2. The predicted octanol–water partition coefficient (Wildman–Crippen LogP) is 2.89. The zero-order chi connectivity index (χ0) is 11.5. The van der Waals surface area contributed by atoms with E-state index in [9.17, 15) is 5.11 Å². The quantitative estimate of drug-likeness (QED) is 0.767. The lowest BCUT2D eigenvalue weighted by molar-refractivity contribution is 0.199. The van der Waals surface area contributed by atoms with Gasteiger partial charge in [-0.15, -0.1) is 6.58 Å². The molecule has 1 atom stereocenters. The summed E-state index contributed by atoms with van der Waals surface area (Å²) in [5.74, 6) is 0. The molecule has 2 heteroatoms. The van der Waals surface area contributed by atoms with Crippen molar-refractivity contribution < 1.29 is 5.11 Å². The zero-order valence-corrected chi connectivity index (χ0v) is 9.76. The maximum atomic E-state index is 9.45. The van der Waals surface area contributed by atoms with E-state index in [0.717, 1.165) is 12.1 Å². The van der Waals surface area contributed by atoms with E-state index >= 15 is 0 Å². The molecule has 0 bridgehead atoms. The lowest BCUT2D eigenvalue weighted by Crippen LogP contribution is -2.25. The normalized spacial score (nSPS) is 16.9. The van der Waals surface area contributed by atoms with E-state index in [-0.39, 0.29) is 6.10 Å². The smallest absolute Gasteiger partial charge is 0.0761 e. The molecule has 0 unspecified atom stereocenters. The third-order valence-corrected chi connectivity index (χ3v) is 3.02. The lowest BCUT2D eigenvalue weighted by Gasteiger charge is -2.23. The summed E-state index contributed by atoms with van der Waals surface area (Å²) in [6, 6.07) is 8.86. The molecule has 0 spiro atoms. The third kappa shape index (κ3) is 2.45. The van der Waals surface area contributed by atoms with Crippen LogP contribution in [0, 0.1) is 0 Å². The van der Waals surface area contributed by atoms with Crippen molar-refractivity contribution in [2.75, 3.05) is 11.4 Å². The van der Waals surface area contributed by atoms with E-state index < -0.39 is 0 Å². The molecule has 0 aromatic heterocycles. The van der Waals surface area contributed by atoms with E-state index in [1.54, 1.807) is 6.92 Å². The van der Waals surface area contributed by atoms with Gasteiger partial charge in [-0.25, -0.2) is 0 Å². The highest BCUT2D eigenvalue weighted by molar-refractivity contribution is 5.50. The molecule has 0 amide bonds. The van der Waals surface area contributed by atoms with Gasteiger partial charge in [-0.3, -0.25) is 0 Å². The van der Waals surface area contributed by atoms with Crippen LogP contribution in [-0.4, -0.2) is 17.7 Å². The second kappa shape index (κ2) is 4.71. The van der Waals surface area contributed by atoms with Gasteiger partial charge in [0.1, 0.15) is 0 Å². The van der Waals surface area contributed by atoms with Gasteiger partial charge < -0.3 is 10.0 Å². The topological polar surface area (TPSA) is 23.5 Å². The summed E-state index contributed by atoms with van der Waals surface area (Å²) in [6.45, 7) is 6.49. The van der Waals surface area contributed by atoms with E-state index in [2.05, 4.69) is 23.6 Å². The van der Waals surface area contributed by atoms with Gasteiger partial charge in [0.05, 0.1) is 6.10 Å². The second-order valence-corrected chi connectivity index (χ2v) is 4.44. The average Bonchev–Trinajstić information content (AvgIpc) is 3.10. The summed E-state index contributed by atoms with van der Waals surface area (Å²) >= 11 is 0. The first-order chi connectivity index (χ1) is 7.72. The van der Waals surface area contributed by atoms with Crippen molar-refractivity contribution in [2.24, 2.45) is 0 Å². The number of aliphatic hydroxyl groups excluding tert-OH is 1. The Morgan fingerprint density at radius 1 is 1.44 bits per heavy atom. The molecule has 1 aromatic rings. The zero-order valence-electron chi connectivity index (χ0n) is 9.76. The van der Waals surface area contributed by atoms with E-state index in [1.165, 1.54) is 18.5 Å². The van der Waals surface area contributed by atoms with Crippen molar-refractivity contribution in [3.8, 4) is 0 Å². The van der Waals surface area contributed by atoms with Crippen molar-refractivity contribution >= 4 is 5.69 Å². The number of hydrogen-bond acceptors (Lipinski definition) is 2. The van der Waals surface area contributed by atoms with Crippen LogP contribution in [0.3, 0.4) is 0 Å². The molecule has 0 saturated heterocycles. The van der Waals surface area contributed by atoms with Gasteiger partial charge in [0.15, 0.2) is 0 Å². The fourth-order valence-corrected chi connectivity index (χ4v) is 1.93. The van der Waals surface area contributed by atoms with Crippen molar-refractivity contribution in [1.82, 2.24) is 0 Å². The Bertz CT molecular complexity index is 352. The van der Waals surface area contributed by atoms with Gasteiger partial charge in [-0.2, -0.15) is 0 Å². The number of aliphatic hydroxyl groups is 1. The monoisotopic (exact) mass is 217 g/mol. The molecule has 1 aliphatic carbocycles. The minimum Gasteiger partial charge on any atom is -0.389 e.